The summed E-state index contributed by atoms with van der Waals surface area (Å²) in [5.41, 5.74) is 1.43. The van der Waals surface area contributed by atoms with E-state index in [4.69, 9.17) is 5.84 Å². The number of nitrogens with one attached hydrogen (secondary N) is 1. The number of fused-ring (bicyclic) bond motifs is 1. The van der Waals surface area contributed by atoms with Crippen LogP contribution in [0.4, 0.5) is 0 Å². The molecule has 2 heterocycles. The van der Waals surface area contributed by atoms with Crippen LogP contribution >= 0.6 is 0 Å². The van der Waals surface area contributed by atoms with Gasteiger partial charge in [-0.1, -0.05) is 12.8 Å². The lowest BCUT2D eigenvalue weighted by molar-refractivity contribution is -0.508. The van der Waals surface area contributed by atoms with Crippen LogP contribution in [-0.2, 0) is 0 Å². The largest absolute Gasteiger partial charge is 0.454 e. The molecule has 0 saturated heterocycles. The first-order chi connectivity index (χ1) is 6.88. The van der Waals surface area contributed by atoms with Gasteiger partial charge in [0.05, 0.1) is 0 Å². The molecule has 2 aliphatic rings. The molecule has 0 atom stereocenters. The summed E-state index contributed by atoms with van der Waals surface area (Å²) in [4.78, 5) is 0. The van der Waals surface area contributed by atoms with E-state index >= 15 is 0 Å². The van der Waals surface area contributed by atoms with E-state index in [0.717, 1.165) is 0 Å². The van der Waals surface area contributed by atoms with Gasteiger partial charge < -0.3 is 5.84 Å². The molecule has 0 aromatic carbocycles. The van der Waals surface area contributed by atoms with E-state index in [9.17, 15) is 0 Å². The van der Waals surface area contributed by atoms with Crippen LogP contribution in [-0.4, -0.2) is 16.4 Å². The van der Waals surface area contributed by atoms with E-state index in [1.165, 1.54) is 69.9 Å². The summed E-state index contributed by atoms with van der Waals surface area (Å²) in [5, 5.41) is 0. The first-order valence-corrected chi connectivity index (χ1v) is 6.23. The molecule has 0 spiro atoms. The molecule has 2 rings (SSSR count). The normalized spacial score (nSPS) is 26.3. The minimum atomic E-state index is 0.547. The van der Waals surface area contributed by atoms with Gasteiger partial charge in [0.2, 0.25) is 0 Å². The Balaban J connectivity index is 2.16. The Morgan fingerprint density at radius 3 is 2.00 bits per heavy atom. The van der Waals surface area contributed by atoms with Crippen molar-refractivity contribution in [1.29, 1.82) is 0 Å². The second-order valence-corrected chi connectivity index (χ2v) is 4.79. The maximum Gasteiger partial charge on any atom is 0.147 e. The Labute approximate surface area is 87.2 Å². The monoisotopic (exact) mass is 194 g/mol. The van der Waals surface area contributed by atoms with E-state index < -0.39 is 0 Å². The van der Waals surface area contributed by atoms with Crippen molar-refractivity contribution >= 4 is 5.71 Å². The molecule has 0 saturated carbocycles. The Bertz CT molecular complexity index is 204. The average Bonchev–Trinajstić information content (AvgIpc) is 2.14. The van der Waals surface area contributed by atoms with Gasteiger partial charge in [-0.2, -0.15) is 0 Å². The lowest BCUT2D eigenvalue weighted by atomic mass is 9.93. The van der Waals surface area contributed by atoms with E-state index in [-0.39, 0.29) is 0 Å². The predicted octanol–water partition coefficient (Wildman–Crippen LogP) is 3.70. The second kappa shape index (κ2) is 4.81. The van der Waals surface area contributed by atoms with E-state index in [2.05, 4.69) is 0 Å². The summed E-state index contributed by atoms with van der Waals surface area (Å²) in [6, 6.07) is 0.547. The zero-order valence-electron chi connectivity index (χ0n) is 9.10. The van der Waals surface area contributed by atoms with Crippen molar-refractivity contribution in [2.24, 2.45) is 0 Å². The Kier molecular flexibility index (Phi) is 3.44. The zero-order chi connectivity index (χ0) is 9.80. The SMILES string of the molecule is [NH-][N+]1=C2CCCCCC1CCCCC2. The molecule has 0 radical (unpaired) electrons. The first kappa shape index (κ1) is 10.0. The summed E-state index contributed by atoms with van der Waals surface area (Å²) in [6.45, 7) is 0. The van der Waals surface area contributed by atoms with Crippen molar-refractivity contribution in [2.75, 3.05) is 0 Å². The van der Waals surface area contributed by atoms with Gasteiger partial charge in [-0.3, -0.25) is 4.68 Å². The van der Waals surface area contributed by atoms with Crippen LogP contribution in [0.1, 0.15) is 64.2 Å². The van der Waals surface area contributed by atoms with E-state index in [1.54, 1.807) is 0 Å². The van der Waals surface area contributed by atoms with Crippen molar-refractivity contribution in [3.63, 3.8) is 0 Å². The molecule has 2 nitrogen and oxygen atoms in total. The summed E-state index contributed by atoms with van der Waals surface area (Å²) in [6.07, 6.45) is 13.0. The van der Waals surface area contributed by atoms with Crippen LogP contribution in [0.2, 0.25) is 0 Å². The summed E-state index contributed by atoms with van der Waals surface area (Å²) in [5.74, 6) is 8.16. The Morgan fingerprint density at radius 1 is 0.857 bits per heavy atom. The fraction of sp³-hybridized carbons (Fsp3) is 0.917. The fourth-order valence-electron chi connectivity index (χ4n) is 2.80. The number of hydrogen-bond acceptors (Lipinski definition) is 0. The van der Waals surface area contributed by atoms with Crippen molar-refractivity contribution < 1.29 is 4.68 Å². The van der Waals surface area contributed by atoms with Gasteiger partial charge in [-0.05, 0) is 25.7 Å². The Hall–Kier alpha value is -0.530. The first-order valence-electron chi connectivity index (χ1n) is 6.23. The average molecular weight is 194 g/mol. The molecule has 0 aromatic heterocycles. The third-order valence-corrected chi connectivity index (χ3v) is 3.71. The summed E-state index contributed by atoms with van der Waals surface area (Å²) < 4.78 is 1.89. The molecule has 14 heavy (non-hydrogen) atoms. The van der Waals surface area contributed by atoms with Gasteiger partial charge in [0.1, 0.15) is 11.8 Å². The van der Waals surface area contributed by atoms with Crippen molar-refractivity contribution in [2.45, 2.75) is 70.3 Å². The topological polar surface area (TPSA) is 26.8 Å². The molecule has 0 aliphatic carbocycles. The summed E-state index contributed by atoms with van der Waals surface area (Å²) >= 11 is 0. The van der Waals surface area contributed by atoms with Gasteiger partial charge in [0.25, 0.3) is 0 Å². The maximum absolute atomic E-state index is 8.16. The maximum atomic E-state index is 8.16. The Morgan fingerprint density at radius 2 is 1.43 bits per heavy atom. The number of rotatable bonds is 0. The third kappa shape index (κ3) is 2.28. The highest BCUT2D eigenvalue weighted by Crippen LogP contribution is 2.22. The molecule has 2 heteroatoms. The minimum absolute atomic E-state index is 0.547. The molecule has 0 aromatic rings. The zero-order valence-corrected chi connectivity index (χ0v) is 9.10. The van der Waals surface area contributed by atoms with Crippen LogP contribution in [0.25, 0.3) is 5.84 Å². The van der Waals surface area contributed by atoms with Crippen molar-refractivity contribution in [3.8, 4) is 0 Å². The van der Waals surface area contributed by atoms with Gasteiger partial charge in [0.15, 0.2) is 0 Å². The van der Waals surface area contributed by atoms with Crippen molar-refractivity contribution in [1.82, 2.24) is 0 Å². The van der Waals surface area contributed by atoms with Crippen LogP contribution in [0, 0.1) is 0 Å². The molecule has 2 aliphatic heterocycles. The summed E-state index contributed by atoms with van der Waals surface area (Å²) in [7, 11) is 0. The molecular formula is C12H22N2. The van der Waals surface area contributed by atoms with Gasteiger partial charge in [0, 0.05) is 25.7 Å². The highest BCUT2D eigenvalue weighted by molar-refractivity contribution is 5.79. The lowest BCUT2D eigenvalue weighted by Gasteiger charge is -2.25. The molecule has 0 amide bonds. The van der Waals surface area contributed by atoms with Gasteiger partial charge in [-0.15, -0.1) is 0 Å². The lowest BCUT2D eigenvalue weighted by Crippen LogP contribution is -2.29. The standard InChI is InChI=1S/C12H22N2/c13-14-11-7-3-1-4-8-12(14)10-6-2-5-9-11/h11,13H,1-10H2. The minimum Gasteiger partial charge on any atom is -0.454 e. The number of nitrogens with zero attached hydrogens (tertiary/aromatic N) is 1. The second-order valence-electron chi connectivity index (χ2n) is 4.79. The van der Waals surface area contributed by atoms with E-state index in [1.807, 2.05) is 4.68 Å². The molecule has 2 bridgehead atoms. The van der Waals surface area contributed by atoms with Crippen LogP contribution in [0.3, 0.4) is 0 Å². The van der Waals surface area contributed by atoms with Crippen LogP contribution in [0.15, 0.2) is 0 Å². The molecule has 80 valence electrons. The number of hydrogen-bond donors (Lipinski definition) is 0. The smallest absolute Gasteiger partial charge is 0.147 e. The van der Waals surface area contributed by atoms with E-state index in [0.29, 0.717) is 6.04 Å². The third-order valence-electron chi connectivity index (χ3n) is 3.71. The van der Waals surface area contributed by atoms with Crippen LogP contribution < -0.4 is 0 Å². The predicted molar refractivity (Wildman–Crippen MR) is 59.5 cm³/mol. The van der Waals surface area contributed by atoms with Crippen LogP contribution in [0.5, 0.6) is 0 Å². The van der Waals surface area contributed by atoms with Crippen molar-refractivity contribution in [3.05, 3.63) is 5.84 Å². The molecule has 0 unspecified atom stereocenters. The highest BCUT2D eigenvalue weighted by atomic mass is 15.3. The highest BCUT2D eigenvalue weighted by Gasteiger charge is 2.22. The van der Waals surface area contributed by atoms with Gasteiger partial charge in [-0.25, -0.2) is 0 Å². The quantitative estimate of drug-likeness (QED) is 0.526. The molecular weight excluding hydrogens is 172 g/mol. The molecule has 1 N–H and O–H groups in total. The fourth-order valence-corrected chi connectivity index (χ4v) is 2.80. The van der Waals surface area contributed by atoms with Gasteiger partial charge >= 0.3 is 0 Å². The molecule has 0 fully saturated rings.